The molecule has 6 rings (SSSR count). The van der Waals surface area contributed by atoms with Gasteiger partial charge in [-0.2, -0.15) is 18.3 Å². The number of imidazole rings is 1. The minimum atomic E-state index is -4.82. The Hall–Kier alpha value is -1.87. The number of nitrogens with zero attached hydrogens (tertiary/aromatic N) is 4. The lowest BCUT2D eigenvalue weighted by Crippen LogP contribution is -2.43. The number of rotatable bonds is 3. The van der Waals surface area contributed by atoms with Crippen LogP contribution in [0.4, 0.5) is 13.2 Å². The standard InChI is InChI=1S/C19H23F3N4O2/c1-11-7-25-12(5-14(24-25)18-4-3-17(8-18,9-18)10-27)13-6-23-15(26(11)13)16(2,28)19(20,21)22/h5-6,11,27-28H,3-4,7-10H2,1-2H3/t11-,16+,17?,18?/m0/s1. The predicted molar refractivity (Wildman–Crippen MR) is 93.4 cm³/mol. The first-order chi connectivity index (χ1) is 13.0. The Morgan fingerprint density at radius 1 is 1.25 bits per heavy atom. The maximum absolute atomic E-state index is 13.4. The summed E-state index contributed by atoms with van der Waals surface area (Å²) in [6.07, 6.45) is 0.366. The van der Waals surface area contributed by atoms with Crippen LogP contribution in [0, 0.1) is 5.41 Å². The van der Waals surface area contributed by atoms with E-state index in [1.165, 1.54) is 10.8 Å². The molecule has 3 aliphatic carbocycles. The molecule has 0 radical (unpaired) electrons. The van der Waals surface area contributed by atoms with Crippen molar-refractivity contribution in [3.63, 3.8) is 0 Å². The van der Waals surface area contributed by atoms with Crippen molar-refractivity contribution in [1.82, 2.24) is 19.3 Å². The first-order valence-corrected chi connectivity index (χ1v) is 9.58. The van der Waals surface area contributed by atoms with E-state index in [4.69, 9.17) is 5.10 Å². The van der Waals surface area contributed by atoms with Gasteiger partial charge in [0, 0.05) is 12.0 Å². The highest BCUT2D eigenvalue weighted by Gasteiger charge is 2.62. The summed E-state index contributed by atoms with van der Waals surface area (Å²) in [7, 11) is 0. The first kappa shape index (κ1) is 18.2. The van der Waals surface area contributed by atoms with Crippen LogP contribution in [-0.2, 0) is 17.6 Å². The van der Waals surface area contributed by atoms with Crippen molar-refractivity contribution in [1.29, 1.82) is 0 Å². The van der Waals surface area contributed by atoms with Crippen LogP contribution in [0.1, 0.15) is 57.1 Å². The third-order valence-electron chi connectivity index (χ3n) is 7.14. The molecule has 6 nitrogen and oxygen atoms in total. The summed E-state index contributed by atoms with van der Waals surface area (Å²) in [5.74, 6) is -0.390. The van der Waals surface area contributed by atoms with Crippen LogP contribution in [0.5, 0.6) is 0 Å². The van der Waals surface area contributed by atoms with Gasteiger partial charge in [-0.05, 0) is 51.0 Å². The van der Waals surface area contributed by atoms with Crippen LogP contribution in [0.25, 0.3) is 11.4 Å². The first-order valence-electron chi connectivity index (χ1n) is 9.58. The number of alkyl halides is 3. The van der Waals surface area contributed by atoms with E-state index >= 15 is 0 Å². The van der Waals surface area contributed by atoms with Gasteiger partial charge in [-0.25, -0.2) is 4.98 Å². The minimum Gasteiger partial charge on any atom is -0.396 e. The topological polar surface area (TPSA) is 76.1 Å². The molecule has 0 amide bonds. The van der Waals surface area contributed by atoms with Gasteiger partial charge in [-0.3, -0.25) is 4.68 Å². The van der Waals surface area contributed by atoms with E-state index in [9.17, 15) is 23.4 Å². The molecule has 3 heterocycles. The third kappa shape index (κ3) is 2.11. The second kappa shape index (κ2) is 5.18. The van der Waals surface area contributed by atoms with Gasteiger partial charge >= 0.3 is 6.18 Å². The number of aliphatic hydroxyl groups excluding tert-OH is 1. The molecule has 0 unspecified atom stereocenters. The molecule has 9 heteroatoms. The molecule has 1 aliphatic heterocycles. The van der Waals surface area contributed by atoms with Crippen molar-refractivity contribution in [2.75, 3.05) is 6.61 Å². The largest absolute Gasteiger partial charge is 0.424 e. The Labute approximate surface area is 160 Å². The number of hydrogen-bond donors (Lipinski definition) is 2. The predicted octanol–water partition coefficient (Wildman–Crippen LogP) is 2.90. The molecule has 4 aliphatic rings. The molecule has 0 aromatic carbocycles. The fourth-order valence-corrected chi connectivity index (χ4v) is 5.58. The van der Waals surface area contributed by atoms with Crippen LogP contribution < -0.4 is 0 Å². The van der Waals surface area contributed by atoms with Crippen molar-refractivity contribution in [2.45, 2.75) is 69.3 Å². The summed E-state index contributed by atoms with van der Waals surface area (Å²) in [4.78, 5) is 3.96. The van der Waals surface area contributed by atoms with Crippen LogP contribution in [0.2, 0.25) is 0 Å². The molecular formula is C19H23F3N4O2. The molecule has 152 valence electrons. The molecule has 2 bridgehead atoms. The summed E-state index contributed by atoms with van der Waals surface area (Å²) in [5, 5.41) is 24.6. The summed E-state index contributed by atoms with van der Waals surface area (Å²) >= 11 is 0. The summed E-state index contributed by atoms with van der Waals surface area (Å²) in [6, 6.07) is 1.64. The monoisotopic (exact) mass is 396 g/mol. The van der Waals surface area contributed by atoms with Crippen LogP contribution >= 0.6 is 0 Å². The van der Waals surface area contributed by atoms with Gasteiger partial charge < -0.3 is 14.8 Å². The summed E-state index contributed by atoms with van der Waals surface area (Å²) in [5.41, 5.74) is -0.801. The molecule has 3 saturated carbocycles. The van der Waals surface area contributed by atoms with Crippen molar-refractivity contribution in [3.8, 4) is 11.4 Å². The zero-order chi connectivity index (χ0) is 20.1. The highest BCUT2D eigenvalue weighted by Crippen LogP contribution is 2.67. The molecule has 2 aromatic heterocycles. The summed E-state index contributed by atoms with van der Waals surface area (Å²) < 4.78 is 43.5. The smallest absolute Gasteiger partial charge is 0.396 e. The maximum Gasteiger partial charge on any atom is 0.424 e. The highest BCUT2D eigenvalue weighted by atomic mass is 19.4. The van der Waals surface area contributed by atoms with E-state index in [-0.39, 0.29) is 23.5 Å². The molecule has 2 aromatic rings. The Morgan fingerprint density at radius 2 is 1.96 bits per heavy atom. The van der Waals surface area contributed by atoms with E-state index in [2.05, 4.69) is 4.98 Å². The number of aliphatic hydroxyl groups is 2. The van der Waals surface area contributed by atoms with Crippen molar-refractivity contribution < 1.29 is 23.4 Å². The van der Waals surface area contributed by atoms with Crippen LogP contribution in [0.3, 0.4) is 0 Å². The molecule has 2 N–H and O–H groups in total. The molecule has 3 fully saturated rings. The van der Waals surface area contributed by atoms with Crippen LogP contribution in [-0.4, -0.2) is 42.3 Å². The van der Waals surface area contributed by atoms with Gasteiger partial charge in [0.25, 0.3) is 0 Å². The van der Waals surface area contributed by atoms with Gasteiger partial charge in [0.05, 0.1) is 35.9 Å². The average molecular weight is 396 g/mol. The van der Waals surface area contributed by atoms with E-state index in [0.717, 1.165) is 44.0 Å². The van der Waals surface area contributed by atoms with E-state index < -0.39 is 17.6 Å². The van der Waals surface area contributed by atoms with Crippen molar-refractivity contribution in [3.05, 3.63) is 23.8 Å². The van der Waals surface area contributed by atoms with Crippen LogP contribution in [0.15, 0.2) is 12.3 Å². The SMILES string of the molecule is C[C@H]1Cn2nc(C34CCC(CO)(C3)C4)cc2-c2cnc([C@@](C)(O)C(F)(F)F)n21. The second-order valence-corrected chi connectivity index (χ2v) is 9.14. The van der Waals surface area contributed by atoms with Crippen molar-refractivity contribution in [2.24, 2.45) is 5.41 Å². The lowest BCUT2D eigenvalue weighted by atomic mass is 9.59. The minimum absolute atomic E-state index is 0.0256. The number of halogens is 3. The molecular weight excluding hydrogens is 373 g/mol. The van der Waals surface area contributed by atoms with Gasteiger partial charge in [-0.15, -0.1) is 0 Å². The average Bonchev–Trinajstić information content (AvgIpc) is 3.32. The fraction of sp³-hybridized carbons (Fsp3) is 0.684. The number of fused-ring (bicyclic) bond motifs is 4. The third-order valence-corrected chi connectivity index (χ3v) is 7.14. The van der Waals surface area contributed by atoms with Gasteiger partial charge in [0.1, 0.15) is 0 Å². The quantitative estimate of drug-likeness (QED) is 0.837. The lowest BCUT2D eigenvalue weighted by molar-refractivity contribution is -0.262. The normalized spacial score (nSPS) is 33.2. The fourth-order valence-electron chi connectivity index (χ4n) is 5.58. The zero-order valence-electron chi connectivity index (χ0n) is 15.8. The Bertz CT molecular complexity index is 953. The van der Waals surface area contributed by atoms with E-state index in [1.807, 2.05) is 10.7 Å². The zero-order valence-corrected chi connectivity index (χ0v) is 15.8. The van der Waals surface area contributed by atoms with Gasteiger partial charge in [0.2, 0.25) is 5.60 Å². The molecule has 28 heavy (non-hydrogen) atoms. The van der Waals surface area contributed by atoms with E-state index in [1.54, 1.807) is 6.92 Å². The number of aromatic nitrogens is 4. The maximum atomic E-state index is 13.4. The highest BCUT2D eigenvalue weighted by molar-refractivity contribution is 5.58. The summed E-state index contributed by atoms with van der Waals surface area (Å²) in [6.45, 7) is 3.16. The molecule has 0 spiro atoms. The van der Waals surface area contributed by atoms with E-state index in [0.29, 0.717) is 12.2 Å². The second-order valence-electron chi connectivity index (χ2n) is 9.14. The van der Waals surface area contributed by atoms with Gasteiger partial charge in [0.15, 0.2) is 5.82 Å². The van der Waals surface area contributed by atoms with Gasteiger partial charge in [-0.1, -0.05) is 0 Å². The van der Waals surface area contributed by atoms with Crippen molar-refractivity contribution >= 4 is 0 Å². The number of hydrogen-bond acceptors (Lipinski definition) is 4. The Morgan fingerprint density at radius 3 is 2.57 bits per heavy atom. The lowest BCUT2D eigenvalue weighted by Gasteiger charge is -2.45. The molecule has 0 saturated heterocycles. The Balaban J connectivity index is 1.57. The molecule has 2 atom stereocenters. The Kier molecular flexibility index (Phi) is 3.37.